The highest BCUT2D eigenvalue weighted by atomic mass is 16.5. The molecule has 10 heavy (non-hydrogen) atoms. The molecule has 1 N–H and O–H groups in total. The fourth-order valence-electron chi connectivity index (χ4n) is 1.09. The maximum Gasteiger partial charge on any atom is 0.139 e. The van der Waals surface area contributed by atoms with Crippen LogP contribution in [0.15, 0.2) is 4.52 Å². The Morgan fingerprint density at radius 1 is 1.50 bits per heavy atom. The summed E-state index contributed by atoms with van der Waals surface area (Å²) in [7, 11) is 0. The van der Waals surface area contributed by atoms with E-state index in [0.29, 0.717) is 5.76 Å². The van der Waals surface area contributed by atoms with Gasteiger partial charge in [-0.15, -0.1) is 0 Å². The van der Waals surface area contributed by atoms with Crippen molar-refractivity contribution in [3.05, 3.63) is 17.0 Å². The van der Waals surface area contributed by atoms with E-state index in [1.807, 2.05) is 6.92 Å². The molecule has 56 valence electrons. The van der Waals surface area contributed by atoms with Crippen LogP contribution in [0.2, 0.25) is 0 Å². The first-order chi connectivity index (χ1) is 4.63. The zero-order valence-corrected chi connectivity index (χ0v) is 6.38. The van der Waals surface area contributed by atoms with Crippen molar-refractivity contribution in [1.29, 1.82) is 0 Å². The summed E-state index contributed by atoms with van der Waals surface area (Å²) in [5.41, 5.74) is 1.58. The lowest BCUT2D eigenvalue weighted by molar-refractivity contribution is 0.196. The standard InChI is InChI=1S/C7H11NO2/c1-4-7(5(2)9)6(3)10-8-4/h5,9H,1-3H3/t5-/m1/s1. The molecule has 1 heterocycles. The minimum Gasteiger partial charge on any atom is -0.389 e. The van der Waals surface area contributed by atoms with E-state index in [9.17, 15) is 5.11 Å². The van der Waals surface area contributed by atoms with Crippen LogP contribution in [0.25, 0.3) is 0 Å². The molecule has 1 aromatic rings. The van der Waals surface area contributed by atoms with Gasteiger partial charge in [-0.05, 0) is 20.8 Å². The van der Waals surface area contributed by atoms with E-state index < -0.39 is 6.10 Å². The highest BCUT2D eigenvalue weighted by Crippen LogP contribution is 2.19. The molecular formula is C7H11NO2. The normalized spacial score (nSPS) is 13.6. The van der Waals surface area contributed by atoms with Gasteiger partial charge in [0.05, 0.1) is 11.8 Å². The molecule has 0 aliphatic carbocycles. The average Bonchev–Trinajstić information content (AvgIpc) is 2.11. The number of aliphatic hydroxyl groups excluding tert-OH is 1. The first-order valence-corrected chi connectivity index (χ1v) is 3.23. The van der Waals surface area contributed by atoms with Crippen molar-refractivity contribution in [2.75, 3.05) is 0 Å². The smallest absolute Gasteiger partial charge is 0.139 e. The Morgan fingerprint density at radius 2 is 2.10 bits per heavy atom. The summed E-state index contributed by atoms with van der Waals surface area (Å²) < 4.78 is 4.85. The van der Waals surface area contributed by atoms with Gasteiger partial charge in [0.1, 0.15) is 5.76 Å². The van der Waals surface area contributed by atoms with E-state index in [1.165, 1.54) is 0 Å². The summed E-state index contributed by atoms with van der Waals surface area (Å²) in [5, 5.41) is 12.9. The van der Waals surface area contributed by atoms with E-state index >= 15 is 0 Å². The van der Waals surface area contributed by atoms with Gasteiger partial charge < -0.3 is 9.63 Å². The van der Waals surface area contributed by atoms with E-state index in [-0.39, 0.29) is 0 Å². The Kier molecular flexibility index (Phi) is 1.76. The zero-order chi connectivity index (χ0) is 7.72. The average molecular weight is 141 g/mol. The Bertz CT molecular complexity index is 208. The van der Waals surface area contributed by atoms with Crippen LogP contribution in [-0.2, 0) is 0 Å². The number of hydrogen-bond acceptors (Lipinski definition) is 3. The van der Waals surface area contributed by atoms with E-state index in [1.54, 1.807) is 13.8 Å². The van der Waals surface area contributed by atoms with Gasteiger partial charge in [-0.2, -0.15) is 0 Å². The van der Waals surface area contributed by atoms with Crippen LogP contribution in [0.1, 0.15) is 30.0 Å². The maximum atomic E-state index is 9.17. The number of hydrogen-bond donors (Lipinski definition) is 1. The first kappa shape index (κ1) is 7.28. The Balaban J connectivity index is 3.10. The summed E-state index contributed by atoms with van der Waals surface area (Å²) in [6, 6.07) is 0. The SMILES string of the molecule is Cc1noc(C)c1[C@@H](C)O. The molecule has 3 heteroatoms. The number of rotatable bonds is 1. The van der Waals surface area contributed by atoms with Gasteiger partial charge in [-0.1, -0.05) is 5.16 Å². The van der Waals surface area contributed by atoms with Crippen molar-refractivity contribution in [1.82, 2.24) is 5.16 Å². The van der Waals surface area contributed by atoms with Crippen molar-refractivity contribution in [3.63, 3.8) is 0 Å². The van der Waals surface area contributed by atoms with Gasteiger partial charge >= 0.3 is 0 Å². The molecule has 0 aromatic carbocycles. The Labute approximate surface area is 59.7 Å². The first-order valence-electron chi connectivity index (χ1n) is 3.23. The summed E-state index contributed by atoms with van der Waals surface area (Å²) in [6.07, 6.45) is -0.480. The fourth-order valence-corrected chi connectivity index (χ4v) is 1.09. The van der Waals surface area contributed by atoms with Gasteiger partial charge in [0, 0.05) is 5.56 Å². The van der Waals surface area contributed by atoms with Crippen LogP contribution in [-0.4, -0.2) is 10.3 Å². The molecule has 0 bridgehead atoms. The van der Waals surface area contributed by atoms with Crippen molar-refractivity contribution >= 4 is 0 Å². The van der Waals surface area contributed by atoms with Gasteiger partial charge in [0.2, 0.25) is 0 Å². The molecule has 0 spiro atoms. The molecule has 1 aromatic heterocycles. The molecule has 1 atom stereocenters. The highest BCUT2D eigenvalue weighted by molar-refractivity contribution is 5.22. The third-order valence-electron chi connectivity index (χ3n) is 1.51. The number of nitrogens with zero attached hydrogens (tertiary/aromatic N) is 1. The number of aromatic nitrogens is 1. The minimum absolute atomic E-state index is 0.480. The molecule has 0 saturated heterocycles. The maximum absolute atomic E-state index is 9.17. The molecule has 0 radical (unpaired) electrons. The quantitative estimate of drug-likeness (QED) is 0.642. The van der Waals surface area contributed by atoms with Crippen LogP contribution < -0.4 is 0 Å². The van der Waals surface area contributed by atoms with Gasteiger partial charge in [0.15, 0.2) is 0 Å². The molecular weight excluding hydrogens is 130 g/mol. The molecule has 0 saturated carbocycles. The third-order valence-corrected chi connectivity index (χ3v) is 1.51. The van der Waals surface area contributed by atoms with Crippen molar-refractivity contribution < 1.29 is 9.63 Å². The minimum atomic E-state index is -0.480. The largest absolute Gasteiger partial charge is 0.389 e. The van der Waals surface area contributed by atoms with Gasteiger partial charge in [-0.25, -0.2) is 0 Å². The molecule has 0 fully saturated rings. The van der Waals surface area contributed by atoms with Crippen LogP contribution in [0.5, 0.6) is 0 Å². The molecule has 0 aliphatic rings. The van der Waals surface area contributed by atoms with Crippen LogP contribution in [0.3, 0.4) is 0 Å². The summed E-state index contributed by atoms with van der Waals surface area (Å²) >= 11 is 0. The van der Waals surface area contributed by atoms with E-state index in [0.717, 1.165) is 11.3 Å². The summed E-state index contributed by atoms with van der Waals surface area (Å²) in [4.78, 5) is 0. The second kappa shape index (κ2) is 2.42. The Hall–Kier alpha value is -0.830. The fraction of sp³-hybridized carbons (Fsp3) is 0.571. The van der Waals surface area contributed by atoms with E-state index in [2.05, 4.69) is 5.16 Å². The topological polar surface area (TPSA) is 46.3 Å². The van der Waals surface area contributed by atoms with Crippen LogP contribution >= 0.6 is 0 Å². The molecule has 0 aliphatic heterocycles. The second-order valence-electron chi connectivity index (χ2n) is 2.41. The summed E-state index contributed by atoms with van der Waals surface area (Å²) in [5.74, 6) is 0.701. The third kappa shape index (κ3) is 1.04. The van der Waals surface area contributed by atoms with Crippen LogP contribution in [0, 0.1) is 13.8 Å². The second-order valence-corrected chi connectivity index (χ2v) is 2.41. The molecule has 0 unspecified atom stereocenters. The number of aryl methyl sites for hydroxylation is 2. The molecule has 1 rings (SSSR count). The van der Waals surface area contributed by atoms with Crippen LogP contribution in [0.4, 0.5) is 0 Å². The monoisotopic (exact) mass is 141 g/mol. The van der Waals surface area contributed by atoms with Crippen molar-refractivity contribution in [2.45, 2.75) is 26.9 Å². The molecule has 0 amide bonds. The van der Waals surface area contributed by atoms with E-state index in [4.69, 9.17) is 4.52 Å². The lowest BCUT2D eigenvalue weighted by atomic mass is 10.1. The summed E-state index contributed by atoms with van der Waals surface area (Å²) in [6.45, 7) is 5.31. The predicted octanol–water partition coefficient (Wildman–Crippen LogP) is 1.34. The van der Waals surface area contributed by atoms with Gasteiger partial charge in [0.25, 0.3) is 0 Å². The predicted molar refractivity (Wildman–Crippen MR) is 36.6 cm³/mol. The number of aliphatic hydroxyl groups is 1. The highest BCUT2D eigenvalue weighted by Gasteiger charge is 2.12. The lowest BCUT2D eigenvalue weighted by Gasteiger charge is -2.00. The van der Waals surface area contributed by atoms with Crippen molar-refractivity contribution in [3.8, 4) is 0 Å². The lowest BCUT2D eigenvalue weighted by Crippen LogP contribution is -1.93. The Morgan fingerprint density at radius 3 is 2.30 bits per heavy atom. The molecule has 3 nitrogen and oxygen atoms in total. The zero-order valence-electron chi connectivity index (χ0n) is 6.38. The van der Waals surface area contributed by atoms with Crippen molar-refractivity contribution in [2.24, 2.45) is 0 Å². The van der Waals surface area contributed by atoms with Gasteiger partial charge in [-0.3, -0.25) is 0 Å².